The van der Waals surface area contributed by atoms with Crippen molar-refractivity contribution >= 4 is 69.0 Å². The van der Waals surface area contributed by atoms with Crippen molar-refractivity contribution in [3.8, 4) is 11.5 Å². The average molecular weight is 570 g/mol. The Kier molecular flexibility index (Phi) is 6.10. The summed E-state index contributed by atoms with van der Waals surface area (Å²) in [4.78, 5) is -2.56. The van der Waals surface area contributed by atoms with E-state index in [1.807, 2.05) is 0 Å². The van der Waals surface area contributed by atoms with Gasteiger partial charge in [0.25, 0.3) is 30.4 Å². The Hall–Kier alpha value is -3.87. The molecular formula is C20H15N3O11S3. The summed E-state index contributed by atoms with van der Waals surface area (Å²) in [5.41, 5.74) is 4.47. The van der Waals surface area contributed by atoms with E-state index >= 15 is 0 Å². The Labute approximate surface area is 208 Å². The van der Waals surface area contributed by atoms with Crippen LogP contribution in [0.15, 0.2) is 73.4 Å². The van der Waals surface area contributed by atoms with Crippen LogP contribution in [0.5, 0.6) is 11.5 Å². The zero-order valence-corrected chi connectivity index (χ0v) is 20.5. The van der Waals surface area contributed by atoms with Crippen LogP contribution >= 0.6 is 0 Å². The second kappa shape index (κ2) is 8.61. The van der Waals surface area contributed by atoms with Gasteiger partial charge in [0, 0.05) is 21.8 Å². The fourth-order valence-corrected chi connectivity index (χ4v) is 5.43. The van der Waals surface area contributed by atoms with Crippen molar-refractivity contribution in [1.82, 2.24) is 0 Å². The molecule has 0 atom stereocenters. The molecule has 4 aromatic rings. The molecule has 0 heterocycles. The minimum absolute atomic E-state index is 0.0645. The van der Waals surface area contributed by atoms with E-state index in [2.05, 4.69) is 10.2 Å². The molecule has 0 aliphatic carbocycles. The number of azo groups is 1. The summed E-state index contributed by atoms with van der Waals surface area (Å²) in [7, 11) is -14.9. The lowest BCUT2D eigenvalue weighted by atomic mass is 10.1. The topological polar surface area (TPSA) is 254 Å². The van der Waals surface area contributed by atoms with Gasteiger partial charge in [-0.3, -0.25) is 13.7 Å². The highest BCUT2D eigenvalue weighted by Gasteiger charge is 2.24. The van der Waals surface area contributed by atoms with Crippen LogP contribution in [0.25, 0.3) is 21.5 Å². The van der Waals surface area contributed by atoms with Crippen LogP contribution in [0.1, 0.15) is 0 Å². The second-order valence-corrected chi connectivity index (χ2v) is 11.8. The Morgan fingerprint density at radius 2 is 1.24 bits per heavy atom. The van der Waals surface area contributed by atoms with E-state index in [4.69, 9.17) is 5.73 Å². The van der Waals surface area contributed by atoms with Crippen LogP contribution in [0.4, 0.5) is 17.1 Å². The van der Waals surface area contributed by atoms with Gasteiger partial charge in [-0.25, -0.2) is 0 Å². The number of nitrogens with zero attached hydrogens (tertiary/aromatic N) is 2. The monoisotopic (exact) mass is 569 g/mol. The first kappa shape index (κ1) is 26.2. The van der Waals surface area contributed by atoms with Crippen LogP contribution in [0.3, 0.4) is 0 Å². The first-order valence-electron chi connectivity index (χ1n) is 9.67. The lowest BCUT2D eigenvalue weighted by molar-refractivity contribution is 0.471. The number of phenols is 2. The number of benzene rings is 4. The summed E-state index contributed by atoms with van der Waals surface area (Å²) < 4.78 is 99.4. The fraction of sp³-hybridized carbons (Fsp3) is 0. The Morgan fingerprint density at radius 3 is 1.84 bits per heavy atom. The minimum atomic E-state index is -5.07. The van der Waals surface area contributed by atoms with Crippen LogP contribution < -0.4 is 5.73 Å². The molecule has 0 spiro atoms. The van der Waals surface area contributed by atoms with Gasteiger partial charge < -0.3 is 15.9 Å². The lowest BCUT2D eigenvalue weighted by Gasteiger charge is -2.11. The number of aromatic hydroxyl groups is 2. The van der Waals surface area contributed by atoms with Crippen molar-refractivity contribution in [3.05, 3.63) is 48.5 Å². The van der Waals surface area contributed by atoms with Gasteiger partial charge in [0.15, 0.2) is 11.5 Å². The normalized spacial score (nSPS) is 13.1. The molecular weight excluding hydrogens is 554 g/mol. The molecule has 0 bridgehead atoms. The van der Waals surface area contributed by atoms with Crippen molar-refractivity contribution in [2.75, 3.05) is 5.73 Å². The maximum Gasteiger partial charge on any atom is 0.296 e. The van der Waals surface area contributed by atoms with E-state index in [1.165, 1.54) is 18.2 Å². The van der Waals surface area contributed by atoms with E-state index < -0.39 is 73.3 Å². The van der Waals surface area contributed by atoms with E-state index in [1.54, 1.807) is 0 Å². The number of fused-ring (bicyclic) bond motifs is 2. The van der Waals surface area contributed by atoms with Gasteiger partial charge in [0.2, 0.25) is 0 Å². The first-order valence-corrected chi connectivity index (χ1v) is 14.0. The third-order valence-electron chi connectivity index (χ3n) is 5.21. The van der Waals surface area contributed by atoms with Crippen LogP contribution in [-0.4, -0.2) is 49.1 Å². The van der Waals surface area contributed by atoms with Gasteiger partial charge in [-0.2, -0.15) is 25.3 Å². The lowest BCUT2D eigenvalue weighted by Crippen LogP contribution is -2.02. The number of phenolic OH excluding ortho intramolecular Hbond substituents is 2. The number of rotatable bonds is 5. The number of hydrogen-bond donors (Lipinski definition) is 6. The maximum atomic E-state index is 12.0. The molecule has 0 aromatic heterocycles. The molecule has 194 valence electrons. The van der Waals surface area contributed by atoms with E-state index in [0.717, 1.165) is 18.2 Å². The minimum Gasteiger partial charge on any atom is -0.505 e. The summed E-state index contributed by atoms with van der Waals surface area (Å²) in [6.07, 6.45) is 0. The maximum absolute atomic E-state index is 12.0. The van der Waals surface area contributed by atoms with Gasteiger partial charge in [-0.05, 0) is 53.9 Å². The summed E-state index contributed by atoms with van der Waals surface area (Å²) >= 11 is 0. The molecule has 4 rings (SSSR count). The molecule has 7 N–H and O–H groups in total. The number of nitrogens with two attached hydrogens (primary N) is 1. The third-order valence-corrected chi connectivity index (χ3v) is 7.82. The Balaban J connectivity index is 2.02. The number of anilines is 1. The SMILES string of the molecule is Nc1ccc2c(O)c(N=Nc3cc(S(=O)(=O)O)c4cc(S(=O)(=O)O)ccc4c3O)c(S(=O)(=O)O)cc2c1. The van der Waals surface area contributed by atoms with Crippen molar-refractivity contribution in [2.45, 2.75) is 14.7 Å². The molecule has 37 heavy (non-hydrogen) atoms. The molecule has 0 radical (unpaired) electrons. The van der Waals surface area contributed by atoms with Crippen LogP contribution in [0, 0.1) is 0 Å². The van der Waals surface area contributed by atoms with E-state index in [-0.39, 0.29) is 21.8 Å². The molecule has 0 aliphatic heterocycles. The quantitative estimate of drug-likeness (QED) is 0.115. The van der Waals surface area contributed by atoms with Crippen molar-refractivity contribution < 1.29 is 49.1 Å². The Bertz CT molecular complexity index is 1990. The molecule has 0 unspecified atom stereocenters. The molecule has 0 aliphatic rings. The predicted molar refractivity (Wildman–Crippen MR) is 129 cm³/mol. The molecule has 0 saturated carbocycles. The van der Waals surface area contributed by atoms with Gasteiger partial charge in [-0.1, -0.05) is 0 Å². The zero-order chi connectivity index (χ0) is 27.5. The fourth-order valence-electron chi connectivity index (χ4n) is 3.56. The molecule has 0 fully saturated rings. The summed E-state index contributed by atoms with van der Waals surface area (Å²) in [6, 6.07) is 8.04. The van der Waals surface area contributed by atoms with Gasteiger partial charge >= 0.3 is 0 Å². The standard InChI is InChI=1S/C20H15N3O11S3/c21-10-1-3-12-9(5-10)6-17(37(32,33)34)18(20(12)25)23-22-15-8-16(36(29,30)31)14-7-11(35(26,27)28)2-4-13(14)19(15)24/h1-8,24-25H,21H2,(H,26,27,28)(H,29,30,31)(H,32,33,34). The van der Waals surface area contributed by atoms with Gasteiger partial charge in [0.05, 0.1) is 4.90 Å². The Morgan fingerprint density at radius 1 is 0.622 bits per heavy atom. The largest absolute Gasteiger partial charge is 0.505 e. The van der Waals surface area contributed by atoms with E-state index in [9.17, 15) is 49.1 Å². The molecule has 4 aromatic carbocycles. The number of hydrogen-bond acceptors (Lipinski definition) is 11. The van der Waals surface area contributed by atoms with E-state index in [0.29, 0.717) is 12.1 Å². The molecule has 0 saturated heterocycles. The second-order valence-electron chi connectivity index (χ2n) is 7.63. The van der Waals surface area contributed by atoms with Crippen molar-refractivity contribution in [2.24, 2.45) is 10.2 Å². The molecule has 17 heteroatoms. The highest BCUT2D eigenvalue weighted by Crippen LogP contribution is 2.44. The van der Waals surface area contributed by atoms with Gasteiger partial charge in [0.1, 0.15) is 21.2 Å². The summed E-state index contributed by atoms with van der Waals surface area (Å²) in [5.74, 6) is -1.53. The van der Waals surface area contributed by atoms with Crippen LogP contribution in [0.2, 0.25) is 0 Å². The number of nitrogen functional groups attached to an aromatic ring is 1. The first-order chi connectivity index (χ1) is 17.0. The molecule has 14 nitrogen and oxygen atoms in total. The van der Waals surface area contributed by atoms with Crippen molar-refractivity contribution in [3.63, 3.8) is 0 Å². The van der Waals surface area contributed by atoms with Crippen molar-refractivity contribution in [1.29, 1.82) is 0 Å². The molecule has 0 amide bonds. The van der Waals surface area contributed by atoms with Gasteiger partial charge in [-0.15, -0.1) is 10.2 Å². The zero-order valence-electron chi connectivity index (χ0n) is 18.0. The third kappa shape index (κ3) is 4.90. The summed E-state index contributed by atoms with van der Waals surface area (Å²) in [5, 5.41) is 27.8. The highest BCUT2D eigenvalue weighted by atomic mass is 32.2. The smallest absolute Gasteiger partial charge is 0.296 e. The highest BCUT2D eigenvalue weighted by molar-refractivity contribution is 7.86. The average Bonchev–Trinajstić information content (AvgIpc) is 2.77. The summed E-state index contributed by atoms with van der Waals surface area (Å²) in [6.45, 7) is 0. The predicted octanol–water partition coefficient (Wildman–Crippen LogP) is 3.14. The van der Waals surface area contributed by atoms with Crippen LogP contribution in [-0.2, 0) is 30.4 Å².